The second kappa shape index (κ2) is 23.7. The highest BCUT2D eigenvalue weighted by atomic mass is 32.1. The lowest BCUT2D eigenvalue weighted by atomic mass is 10.00. The van der Waals surface area contributed by atoms with Gasteiger partial charge in [-0.25, -0.2) is 0 Å². The highest BCUT2D eigenvalue weighted by Gasteiger charge is 2.28. The fraction of sp³-hybridized carbons (Fsp3) is 0. The number of benzene rings is 16. The molecule has 0 bridgehead atoms. The first-order valence-corrected chi connectivity index (χ1v) is 42.3. The molecule has 0 amide bonds. The smallest absolute Gasteiger partial charge is 0.213 e. The molecule has 0 spiro atoms. The first kappa shape index (κ1) is 63.3. The number of para-hydroxylation sites is 4. The van der Waals surface area contributed by atoms with E-state index in [4.69, 9.17) is 17.7 Å². The molecule has 0 N–H and O–H groups in total. The summed E-state index contributed by atoms with van der Waals surface area (Å²) >= 11 is 7.48. The molecule has 12 heterocycles. The van der Waals surface area contributed by atoms with Crippen molar-refractivity contribution >= 4 is 258 Å². The summed E-state index contributed by atoms with van der Waals surface area (Å²) in [6.07, 6.45) is 0. The molecule has 0 radical (unpaired) electrons. The number of rotatable bonds is 6. The van der Waals surface area contributed by atoms with Crippen molar-refractivity contribution in [2.24, 2.45) is 0 Å². The van der Waals surface area contributed by atoms with Crippen molar-refractivity contribution < 1.29 is 17.7 Å². The van der Waals surface area contributed by atoms with E-state index < -0.39 is 0 Å². The van der Waals surface area contributed by atoms with E-state index in [2.05, 4.69) is 328 Å². The largest absolute Gasteiger partial charge is 0.456 e. The maximum Gasteiger partial charge on any atom is 0.213 e. The molecular formula is C104H56N4O4S4. The second-order valence-electron chi connectivity index (χ2n) is 30.4. The van der Waals surface area contributed by atoms with Crippen molar-refractivity contribution in [1.82, 2.24) is 18.3 Å². The molecule has 0 saturated heterocycles. The Balaban J connectivity index is 0.000000124. The summed E-state index contributed by atoms with van der Waals surface area (Å²) in [6, 6.07) is 123. The molecule has 0 unspecified atom stereocenters. The molecule has 28 rings (SSSR count). The Morgan fingerprint density at radius 1 is 0.190 bits per heavy atom. The Morgan fingerprint density at radius 2 is 0.517 bits per heavy atom. The predicted molar refractivity (Wildman–Crippen MR) is 492 cm³/mol. The number of hydrogen-bond acceptors (Lipinski definition) is 8. The molecule has 540 valence electrons. The zero-order valence-corrected chi connectivity index (χ0v) is 64.7. The van der Waals surface area contributed by atoms with Crippen molar-refractivity contribution in [3.8, 4) is 45.0 Å². The fourth-order valence-electron chi connectivity index (χ4n) is 19.2. The Labute approximate surface area is 673 Å². The van der Waals surface area contributed by atoms with Crippen LogP contribution in [0, 0.1) is 0 Å². The number of thiophene rings is 4. The third kappa shape index (κ3) is 8.84. The molecule has 0 fully saturated rings. The van der Waals surface area contributed by atoms with E-state index in [1.54, 1.807) is 0 Å². The molecule has 0 aliphatic heterocycles. The molecule has 0 atom stereocenters. The minimum atomic E-state index is 0.835. The van der Waals surface area contributed by atoms with Crippen molar-refractivity contribution in [3.05, 3.63) is 340 Å². The zero-order chi connectivity index (χ0) is 75.3. The van der Waals surface area contributed by atoms with Gasteiger partial charge >= 0.3 is 0 Å². The second-order valence-corrected chi connectivity index (χ2v) is 34.6. The topological polar surface area (TPSA) is 72.3 Å². The zero-order valence-electron chi connectivity index (χ0n) is 61.4. The molecule has 116 heavy (non-hydrogen) atoms. The summed E-state index contributed by atoms with van der Waals surface area (Å²) in [7, 11) is 0. The number of furan rings is 4. The molecular weight excluding hydrogens is 1500 g/mol. The van der Waals surface area contributed by atoms with Gasteiger partial charge in [-0.3, -0.25) is 13.7 Å². The average Bonchev–Trinajstić information content (AvgIpc) is 1.55. The van der Waals surface area contributed by atoms with Crippen LogP contribution in [0.25, 0.3) is 258 Å². The van der Waals surface area contributed by atoms with Gasteiger partial charge in [-0.1, -0.05) is 194 Å². The van der Waals surface area contributed by atoms with Gasteiger partial charge in [-0.2, -0.15) is 0 Å². The van der Waals surface area contributed by atoms with Crippen LogP contribution in [-0.2, 0) is 0 Å². The summed E-state index contributed by atoms with van der Waals surface area (Å²) < 4.78 is 43.3. The van der Waals surface area contributed by atoms with Gasteiger partial charge in [0.25, 0.3) is 0 Å². The highest BCUT2D eigenvalue weighted by molar-refractivity contribution is 7.27. The lowest BCUT2D eigenvalue weighted by molar-refractivity contribution is 0.645. The van der Waals surface area contributed by atoms with E-state index in [1.807, 2.05) is 75.7 Å². The van der Waals surface area contributed by atoms with E-state index >= 15 is 0 Å². The summed E-state index contributed by atoms with van der Waals surface area (Å²) in [5.41, 5.74) is 20.9. The normalized spacial score (nSPS) is 12.5. The lowest BCUT2D eigenvalue weighted by Gasteiger charge is -2.10. The van der Waals surface area contributed by atoms with E-state index in [-0.39, 0.29) is 0 Å². The summed E-state index contributed by atoms with van der Waals surface area (Å²) in [5, 5.41) is 24.2. The molecule has 12 aromatic heterocycles. The standard InChI is InChI=1S/C52H28N2O3S.C52H28N2OS3/c1-5-13-43-33(9-1)37-27-31(19-23-46(37)55-43)53-41-21-17-29(25-39(41)49-35-11-3-7-15-45(35)57-51(49)53)30-18-22-42-40(26-30)50-36-12-4-8-16-48(36)58-52(50)54(42)32-20-24-47-38(28-32)34-10-2-6-14-44(34)56-47;1-5-19-43-35(13-1)47-37-27-29(23-25-39(37)53(51(47)55-43)41-17-9-15-33-31-11-2-6-20-44(31)56-49(33)41)30-24-26-40-38(28-30)48-36-14-4-8-22-46(36)58-52(48)54(40)42-18-10-16-34-32-12-3-7-21-45(32)57-50(34)42/h2*1-28H. The Hall–Kier alpha value is -14.2. The Morgan fingerprint density at radius 3 is 0.991 bits per heavy atom. The van der Waals surface area contributed by atoms with Crippen LogP contribution >= 0.6 is 45.3 Å². The molecule has 0 aliphatic carbocycles. The van der Waals surface area contributed by atoms with Crippen LogP contribution in [-0.4, -0.2) is 18.3 Å². The fourth-order valence-corrected chi connectivity index (χ4v) is 24.1. The SMILES string of the molecule is c1ccc2c(c1)oc1c2c2cc(-c3ccc4c(c3)c3c5ccccc5sc3n4-c3cccc4c3sc3ccccc34)ccc2n1-c1cccc2c1sc1ccccc12.c1ccc2c(c1)oc1ccc(-n3c4ccc(-c5ccc6c(c5)c5c7ccccc7sc5n6-c5ccc6oc7ccccc7c6c5)cc4c4c5ccccc5oc43)cc12. The molecule has 16 aromatic carbocycles. The number of nitrogens with zero attached hydrogens (tertiary/aromatic N) is 4. The van der Waals surface area contributed by atoms with E-state index in [0.29, 0.717) is 0 Å². The Bertz CT molecular complexity index is 8630. The summed E-state index contributed by atoms with van der Waals surface area (Å²) in [4.78, 5) is 2.52. The molecule has 0 aliphatic rings. The van der Waals surface area contributed by atoms with Gasteiger partial charge in [0.15, 0.2) is 0 Å². The van der Waals surface area contributed by atoms with Crippen molar-refractivity contribution in [1.29, 1.82) is 0 Å². The van der Waals surface area contributed by atoms with E-state index in [9.17, 15) is 0 Å². The van der Waals surface area contributed by atoms with Gasteiger partial charge in [0.05, 0.1) is 53.6 Å². The number of hydrogen-bond donors (Lipinski definition) is 0. The minimum Gasteiger partial charge on any atom is -0.456 e. The van der Waals surface area contributed by atoms with Gasteiger partial charge in [-0.15, -0.1) is 45.3 Å². The maximum absolute atomic E-state index is 6.79. The third-order valence-corrected chi connectivity index (χ3v) is 29.0. The van der Waals surface area contributed by atoms with Gasteiger partial charge in [-0.05, 0) is 168 Å². The average molecular weight is 1550 g/mol. The lowest BCUT2D eigenvalue weighted by Crippen LogP contribution is -1.93. The quantitative estimate of drug-likeness (QED) is 0.166. The summed E-state index contributed by atoms with van der Waals surface area (Å²) in [6.45, 7) is 0. The van der Waals surface area contributed by atoms with Crippen LogP contribution in [0.4, 0.5) is 0 Å². The predicted octanol–water partition coefficient (Wildman–Crippen LogP) is 31.6. The van der Waals surface area contributed by atoms with Crippen molar-refractivity contribution in [2.45, 2.75) is 0 Å². The number of aromatic nitrogens is 4. The molecule has 0 saturated carbocycles. The van der Waals surface area contributed by atoms with E-state index in [1.165, 1.54) is 131 Å². The molecule has 8 nitrogen and oxygen atoms in total. The Kier molecular flexibility index (Phi) is 12.9. The first-order valence-electron chi connectivity index (χ1n) is 39.0. The third-order valence-electron chi connectivity index (χ3n) is 24.3. The van der Waals surface area contributed by atoms with Crippen LogP contribution in [0.1, 0.15) is 0 Å². The van der Waals surface area contributed by atoms with Gasteiger partial charge < -0.3 is 22.2 Å². The minimum absolute atomic E-state index is 0.835. The van der Waals surface area contributed by atoms with Crippen LogP contribution in [0.2, 0.25) is 0 Å². The van der Waals surface area contributed by atoms with Crippen LogP contribution < -0.4 is 0 Å². The van der Waals surface area contributed by atoms with Crippen LogP contribution in [0.5, 0.6) is 0 Å². The monoisotopic (exact) mass is 1550 g/mol. The first-order chi connectivity index (χ1) is 57.5. The van der Waals surface area contributed by atoms with Crippen LogP contribution in [0.15, 0.2) is 357 Å². The van der Waals surface area contributed by atoms with Gasteiger partial charge in [0, 0.05) is 127 Å². The highest BCUT2D eigenvalue weighted by Crippen LogP contribution is 2.51. The van der Waals surface area contributed by atoms with E-state index in [0.717, 1.165) is 127 Å². The van der Waals surface area contributed by atoms with Crippen LogP contribution in [0.3, 0.4) is 0 Å². The van der Waals surface area contributed by atoms with Gasteiger partial charge in [0.2, 0.25) is 11.4 Å². The molecule has 28 aromatic rings. The maximum atomic E-state index is 6.79. The summed E-state index contributed by atoms with van der Waals surface area (Å²) in [5.74, 6) is 0. The van der Waals surface area contributed by atoms with Gasteiger partial charge in [0.1, 0.15) is 43.2 Å². The number of fused-ring (bicyclic) bond motifs is 32. The molecule has 12 heteroatoms. The van der Waals surface area contributed by atoms with Crippen molar-refractivity contribution in [3.63, 3.8) is 0 Å². The van der Waals surface area contributed by atoms with Crippen molar-refractivity contribution in [2.75, 3.05) is 0 Å².